The van der Waals surface area contributed by atoms with E-state index in [-0.39, 0.29) is 11.6 Å². The Kier molecular flexibility index (Phi) is 5.22. The van der Waals surface area contributed by atoms with E-state index in [1.165, 1.54) is 6.42 Å². The smallest absolute Gasteiger partial charge is 0.0509 e. The lowest BCUT2D eigenvalue weighted by molar-refractivity contribution is 0.00188. The fourth-order valence-corrected chi connectivity index (χ4v) is 3.14. The molecule has 0 aromatic heterocycles. The Hall–Kier alpha value is -0.120. The highest BCUT2D eigenvalue weighted by molar-refractivity contribution is 4.98. The Balaban J connectivity index is 2.76. The number of nitrogens with zero attached hydrogens (tertiary/aromatic N) is 1. The zero-order valence-corrected chi connectivity index (χ0v) is 11.3. The van der Waals surface area contributed by atoms with Crippen molar-refractivity contribution in [2.24, 2.45) is 11.7 Å². The van der Waals surface area contributed by atoms with Crippen LogP contribution in [-0.4, -0.2) is 43.8 Å². The van der Waals surface area contributed by atoms with Gasteiger partial charge >= 0.3 is 0 Å². The lowest BCUT2D eigenvalue weighted by Gasteiger charge is -2.47. The first-order chi connectivity index (χ1) is 7.58. The van der Waals surface area contributed by atoms with Crippen LogP contribution in [0.5, 0.6) is 0 Å². The first-order valence-corrected chi connectivity index (χ1v) is 6.59. The van der Waals surface area contributed by atoms with Gasteiger partial charge in [-0.25, -0.2) is 0 Å². The molecule has 1 aliphatic rings. The minimum absolute atomic E-state index is 0.130. The number of hydrogen-bond donors (Lipinski definition) is 1. The summed E-state index contributed by atoms with van der Waals surface area (Å²) in [6.07, 6.45) is 4.59. The molecule has 0 radical (unpaired) electrons. The molecule has 0 aliphatic carbocycles. The molecule has 96 valence electrons. The minimum Gasteiger partial charge on any atom is -0.381 e. The number of rotatable bonds is 5. The van der Waals surface area contributed by atoms with Gasteiger partial charge in [0.05, 0.1) is 6.61 Å². The maximum absolute atomic E-state index is 6.53. The maximum Gasteiger partial charge on any atom is 0.0509 e. The predicted octanol–water partition coefficient (Wildman–Crippen LogP) is 1.86. The van der Waals surface area contributed by atoms with E-state index in [0.29, 0.717) is 5.92 Å². The molecular weight excluding hydrogens is 200 g/mol. The van der Waals surface area contributed by atoms with Gasteiger partial charge in [0.2, 0.25) is 0 Å². The summed E-state index contributed by atoms with van der Waals surface area (Å²) in [5, 5.41) is 0. The van der Waals surface area contributed by atoms with E-state index in [2.05, 4.69) is 32.8 Å². The van der Waals surface area contributed by atoms with Gasteiger partial charge in [0.25, 0.3) is 0 Å². The van der Waals surface area contributed by atoms with Gasteiger partial charge in [0.15, 0.2) is 0 Å². The monoisotopic (exact) mass is 228 g/mol. The van der Waals surface area contributed by atoms with E-state index in [1.54, 1.807) is 0 Å². The van der Waals surface area contributed by atoms with Gasteiger partial charge in [-0.3, -0.25) is 0 Å². The van der Waals surface area contributed by atoms with Crippen LogP contribution in [0.2, 0.25) is 0 Å². The topological polar surface area (TPSA) is 38.5 Å². The normalized spacial score (nSPS) is 24.8. The molecule has 0 aromatic carbocycles. The van der Waals surface area contributed by atoms with Crippen molar-refractivity contribution in [3.8, 4) is 0 Å². The van der Waals surface area contributed by atoms with Gasteiger partial charge in [-0.2, -0.15) is 0 Å². The number of hydrogen-bond acceptors (Lipinski definition) is 3. The average Bonchev–Trinajstić information content (AvgIpc) is 2.32. The van der Waals surface area contributed by atoms with Crippen molar-refractivity contribution < 1.29 is 4.74 Å². The van der Waals surface area contributed by atoms with Gasteiger partial charge in [-0.05, 0) is 45.7 Å². The molecular formula is C13H28N2O. The van der Waals surface area contributed by atoms with Crippen molar-refractivity contribution in [3.63, 3.8) is 0 Å². The molecule has 1 aliphatic heterocycles. The van der Waals surface area contributed by atoms with Crippen LogP contribution in [0.1, 0.15) is 39.5 Å². The molecule has 3 nitrogen and oxygen atoms in total. The zero-order chi connectivity index (χ0) is 12.2. The Morgan fingerprint density at radius 1 is 1.38 bits per heavy atom. The van der Waals surface area contributed by atoms with Crippen molar-refractivity contribution in [1.82, 2.24) is 4.90 Å². The third-order valence-corrected chi connectivity index (χ3v) is 4.44. The Labute approximate surface area is 100 Å². The van der Waals surface area contributed by atoms with Gasteiger partial charge in [-0.15, -0.1) is 0 Å². The minimum atomic E-state index is 0.130. The largest absolute Gasteiger partial charge is 0.381 e. The van der Waals surface area contributed by atoms with Crippen LogP contribution in [0, 0.1) is 5.92 Å². The van der Waals surface area contributed by atoms with Gasteiger partial charge in [0.1, 0.15) is 0 Å². The molecule has 1 rings (SSSR count). The molecule has 1 saturated heterocycles. The number of nitrogens with two attached hydrogens (primary N) is 1. The highest BCUT2D eigenvalue weighted by Crippen LogP contribution is 2.31. The molecule has 1 heterocycles. The summed E-state index contributed by atoms with van der Waals surface area (Å²) < 4.78 is 5.57. The summed E-state index contributed by atoms with van der Waals surface area (Å²) in [5.74, 6) is 0.524. The van der Waals surface area contributed by atoms with Crippen molar-refractivity contribution in [3.05, 3.63) is 0 Å². The molecule has 0 saturated carbocycles. The summed E-state index contributed by atoms with van der Waals surface area (Å²) >= 11 is 0. The summed E-state index contributed by atoms with van der Waals surface area (Å²) in [5.41, 5.74) is 6.66. The van der Waals surface area contributed by atoms with Crippen molar-refractivity contribution in [2.45, 2.75) is 51.1 Å². The first kappa shape index (κ1) is 13.9. The molecule has 1 fully saturated rings. The third kappa shape index (κ3) is 2.58. The quantitative estimate of drug-likeness (QED) is 0.780. The second kappa shape index (κ2) is 5.99. The highest BCUT2D eigenvalue weighted by Gasteiger charge is 2.40. The van der Waals surface area contributed by atoms with Crippen LogP contribution < -0.4 is 5.73 Å². The van der Waals surface area contributed by atoms with Crippen LogP contribution in [-0.2, 0) is 4.74 Å². The lowest BCUT2D eigenvalue weighted by Crippen LogP contribution is -2.60. The third-order valence-electron chi connectivity index (χ3n) is 4.44. The summed E-state index contributed by atoms with van der Waals surface area (Å²) in [4.78, 5) is 2.31. The van der Waals surface area contributed by atoms with Gasteiger partial charge in [0, 0.05) is 18.2 Å². The first-order valence-electron chi connectivity index (χ1n) is 6.59. The molecule has 16 heavy (non-hydrogen) atoms. The molecule has 3 heteroatoms. The van der Waals surface area contributed by atoms with E-state index in [1.807, 2.05) is 0 Å². The fraction of sp³-hybridized carbons (Fsp3) is 1.00. The number of likely N-dealkylation sites (N-methyl/N-ethyl adjacent to an activating group) is 1. The molecule has 2 N–H and O–H groups in total. The second-order valence-corrected chi connectivity index (χ2v) is 5.21. The van der Waals surface area contributed by atoms with E-state index in [0.717, 1.165) is 32.5 Å². The van der Waals surface area contributed by atoms with E-state index in [9.17, 15) is 0 Å². The van der Waals surface area contributed by atoms with Crippen LogP contribution >= 0.6 is 0 Å². The number of ether oxygens (including phenoxy) is 1. The summed E-state index contributed by atoms with van der Waals surface area (Å²) in [6, 6.07) is 0.220. The zero-order valence-electron chi connectivity index (χ0n) is 11.3. The van der Waals surface area contributed by atoms with Gasteiger partial charge in [-0.1, -0.05) is 13.8 Å². The summed E-state index contributed by atoms with van der Waals surface area (Å²) in [7, 11) is 4.30. The fourth-order valence-electron chi connectivity index (χ4n) is 3.14. The molecule has 0 aromatic rings. The predicted molar refractivity (Wildman–Crippen MR) is 68.5 cm³/mol. The van der Waals surface area contributed by atoms with Crippen LogP contribution in [0.25, 0.3) is 0 Å². The van der Waals surface area contributed by atoms with Crippen LogP contribution in [0.3, 0.4) is 0 Å². The molecule has 2 unspecified atom stereocenters. The van der Waals surface area contributed by atoms with Crippen molar-refractivity contribution in [1.29, 1.82) is 0 Å². The van der Waals surface area contributed by atoms with Gasteiger partial charge < -0.3 is 15.4 Å². The average molecular weight is 228 g/mol. The van der Waals surface area contributed by atoms with E-state index < -0.39 is 0 Å². The molecule has 2 atom stereocenters. The molecule has 0 amide bonds. The van der Waals surface area contributed by atoms with Crippen LogP contribution in [0.4, 0.5) is 0 Å². The Morgan fingerprint density at radius 3 is 2.38 bits per heavy atom. The van der Waals surface area contributed by atoms with E-state index >= 15 is 0 Å². The van der Waals surface area contributed by atoms with Crippen molar-refractivity contribution in [2.75, 3.05) is 27.3 Å². The molecule has 0 spiro atoms. The lowest BCUT2D eigenvalue weighted by atomic mass is 9.75. The molecule has 0 bridgehead atoms. The Morgan fingerprint density at radius 2 is 2.00 bits per heavy atom. The van der Waals surface area contributed by atoms with Crippen molar-refractivity contribution >= 4 is 0 Å². The second-order valence-electron chi connectivity index (χ2n) is 5.21. The standard InChI is InChI=1S/C13H28N2O/c1-5-13(6-2,15(3)4)12(14)11-8-7-9-16-10-11/h11-12H,5-10,14H2,1-4H3. The highest BCUT2D eigenvalue weighted by atomic mass is 16.5. The Bertz CT molecular complexity index is 196. The summed E-state index contributed by atoms with van der Waals surface area (Å²) in [6.45, 7) is 6.24. The maximum atomic E-state index is 6.53. The van der Waals surface area contributed by atoms with E-state index in [4.69, 9.17) is 10.5 Å². The van der Waals surface area contributed by atoms with Crippen LogP contribution in [0.15, 0.2) is 0 Å². The SMILES string of the molecule is CCC(CC)(C(N)C1CCCOC1)N(C)C.